The number of carbonyl (C=O) groups is 1. The summed E-state index contributed by atoms with van der Waals surface area (Å²) < 4.78 is 0. The predicted octanol–water partition coefficient (Wildman–Crippen LogP) is 3.75. The van der Waals surface area contributed by atoms with Gasteiger partial charge in [0.05, 0.1) is 17.1 Å². The Morgan fingerprint density at radius 2 is 1.89 bits per heavy atom. The number of hydrogen-bond acceptors (Lipinski definition) is 3. The summed E-state index contributed by atoms with van der Waals surface area (Å²) in [4.78, 5) is 15.1. The van der Waals surface area contributed by atoms with Crippen LogP contribution in [-0.2, 0) is 11.2 Å². The molecule has 0 saturated carbocycles. The van der Waals surface area contributed by atoms with Crippen molar-refractivity contribution in [3.63, 3.8) is 0 Å². The molecule has 0 unspecified atom stereocenters. The summed E-state index contributed by atoms with van der Waals surface area (Å²) >= 11 is 1.53. The molecule has 0 aliphatic carbocycles. The van der Waals surface area contributed by atoms with Gasteiger partial charge in [-0.25, -0.2) is 4.98 Å². The summed E-state index contributed by atoms with van der Waals surface area (Å²) in [6, 6.07) is 4.32. The van der Waals surface area contributed by atoms with Gasteiger partial charge in [-0.05, 0) is 43.5 Å². The number of aromatic nitrogens is 1. The number of hydrogen-bond donors (Lipinski definition) is 1. The number of nitrogens with zero attached hydrogens (tertiary/aromatic N) is 1. The third-order valence-electron chi connectivity index (χ3n) is 3.22. The average Bonchev–Trinajstić information content (AvgIpc) is 2.80. The molecule has 100 valence electrons. The number of benzene rings is 1. The Morgan fingerprint density at radius 1 is 1.21 bits per heavy atom. The smallest absolute Gasteiger partial charge is 0.303 e. The fraction of sp³-hybridized carbons (Fsp3) is 0.333. The van der Waals surface area contributed by atoms with Gasteiger partial charge in [0, 0.05) is 17.4 Å². The number of thiazole rings is 1. The van der Waals surface area contributed by atoms with Crippen molar-refractivity contribution in [2.24, 2.45) is 0 Å². The van der Waals surface area contributed by atoms with Crippen molar-refractivity contribution in [1.29, 1.82) is 0 Å². The molecule has 0 atom stereocenters. The van der Waals surface area contributed by atoms with E-state index in [4.69, 9.17) is 5.11 Å². The van der Waals surface area contributed by atoms with E-state index in [1.807, 2.05) is 5.38 Å². The van der Waals surface area contributed by atoms with E-state index in [0.29, 0.717) is 6.42 Å². The Morgan fingerprint density at radius 3 is 2.58 bits per heavy atom. The van der Waals surface area contributed by atoms with Crippen LogP contribution in [0.2, 0.25) is 0 Å². The second-order valence-corrected chi connectivity index (χ2v) is 5.71. The van der Waals surface area contributed by atoms with E-state index in [-0.39, 0.29) is 6.42 Å². The summed E-state index contributed by atoms with van der Waals surface area (Å²) in [6.45, 7) is 6.28. The van der Waals surface area contributed by atoms with Gasteiger partial charge in [-0.2, -0.15) is 0 Å². The number of rotatable bonds is 4. The highest BCUT2D eigenvalue weighted by Crippen LogP contribution is 2.28. The zero-order chi connectivity index (χ0) is 14.0. The molecule has 1 N–H and O–H groups in total. The highest BCUT2D eigenvalue weighted by atomic mass is 32.1. The van der Waals surface area contributed by atoms with Crippen LogP contribution in [0.15, 0.2) is 17.5 Å². The first-order valence-corrected chi connectivity index (χ1v) is 7.09. The molecule has 0 aliphatic heterocycles. The van der Waals surface area contributed by atoms with Gasteiger partial charge in [0.15, 0.2) is 0 Å². The zero-order valence-corrected chi connectivity index (χ0v) is 12.2. The summed E-state index contributed by atoms with van der Waals surface area (Å²) in [5, 5.41) is 11.6. The summed E-state index contributed by atoms with van der Waals surface area (Å²) in [5.41, 5.74) is 5.83. The van der Waals surface area contributed by atoms with Crippen molar-refractivity contribution in [2.75, 3.05) is 0 Å². The molecule has 0 amide bonds. The van der Waals surface area contributed by atoms with Gasteiger partial charge in [0.2, 0.25) is 0 Å². The zero-order valence-electron chi connectivity index (χ0n) is 11.4. The maximum absolute atomic E-state index is 10.6. The second kappa shape index (κ2) is 5.53. The molecular weight excluding hydrogens is 258 g/mol. The van der Waals surface area contributed by atoms with Crippen LogP contribution in [0.4, 0.5) is 0 Å². The van der Waals surface area contributed by atoms with Crippen LogP contribution in [0.5, 0.6) is 0 Å². The Hall–Kier alpha value is -1.68. The SMILES string of the molecule is Cc1cc(C)c(-c2csc(CCC(=O)O)n2)cc1C. The van der Waals surface area contributed by atoms with Crippen LogP contribution in [0.3, 0.4) is 0 Å². The van der Waals surface area contributed by atoms with Crippen LogP contribution in [0, 0.1) is 20.8 Å². The fourth-order valence-corrected chi connectivity index (χ4v) is 2.80. The molecule has 0 aliphatic rings. The molecule has 0 spiro atoms. The normalized spacial score (nSPS) is 10.7. The molecule has 0 saturated heterocycles. The molecule has 4 heteroatoms. The van der Waals surface area contributed by atoms with Gasteiger partial charge in [-0.3, -0.25) is 4.79 Å². The van der Waals surface area contributed by atoms with Crippen molar-refractivity contribution in [1.82, 2.24) is 4.98 Å². The van der Waals surface area contributed by atoms with Crippen LogP contribution in [-0.4, -0.2) is 16.1 Å². The summed E-state index contributed by atoms with van der Waals surface area (Å²) in [7, 11) is 0. The maximum atomic E-state index is 10.6. The first kappa shape index (κ1) is 13.7. The molecule has 0 bridgehead atoms. The third kappa shape index (κ3) is 3.20. The van der Waals surface area contributed by atoms with E-state index >= 15 is 0 Å². The van der Waals surface area contributed by atoms with Gasteiger partial charge >= 0.3 is 5.97 Å². The molecule has 0 fully saturated rings. The minimum absolute atomic E-state index is 0.138. The molecule has 0 radical (unpaired) electrons. The van der Waals surface area contributed by atoms with Crippen molar-refractivity contribution in [3.8, 4) is 11.3 Å². The molecule has 1 aromatic heterocycles. The summed E-state index contributed by atoms with van der Waals surface area (Å²) in [5.74, 6) is -0.779. The minimum atomic E-state index is -0.779. The van der Waals surface area contributed by atoms with Crippen LogP contribution < -0.4 is 0 Å². The lowest BCUT2D eigenvalue weighted by Crippen LogP contribution is -1.97. The molecule has 2 aromatic rings. The van der Waals surface area contributed by atoms with Gasteiger partial charge in [0.1, 0.15) is 0 Å². The third-order valence-corrected chi connectivity index (χ3v) is 4.13. The maximum Gasteiger partial charge on any atom is 0.303 e. The van der Waals surface area contributed by atoms with E-state index in [1.165, 1.54) is 28.0 Å². The van der Waals surface area contributed by atoms with Crippen LogP contribution in [0.1, 0.15) is 28.1 Å². The Balaban J connectivity index is 2.27. The number of aliphatic carboxylic acids is 1. The Kier molecular flexibility index (Phi) is 4.00. The van der Waals surface area contributed by atoms with E-state index in [0.717, 1.165) is 16.3 Å². The van der Waals surface area contributed by atoms with Gasteiger partial charge in [-0.15, -0.1) is 11.3 Å². The predicted molar refractivity (Wildman–Crippen MR) is 77.7 cm³/mol. The highest BCUT2D eigenvalue weighted by Gasteiger charge is 2.09. The lowest BCUT2D eigenvalue weighted by Gasteiger charge is -2.07. The van der Waals surface area contributed by atoms with Crippen LogP contribution >= 0.6 is 11.3 Å². The van der Waals surface area contributed by atoms with Crippen molar-refractivity contribution >= 4 is 17.3 Å². The minimum Gasteiger partial charge on any atom is -0.481 e. The van der Waals surface area contributed by atoms with Crippen molar-refractivity contribution in [3.05, 3.63) is 39.2 Å². The number of carboxylic acids is 1. The number of carboxylic acid groups (broad SMARTS) is 1. The second-order valence-electron chi connectivity index (χ2n) is 4.77. The first-order chi connectivity index (χ1) is 8.97. The van der Waals surface area contributed by atoms with Gasteiger partial charge < -0.3 is 5.11 Å². The topological polar surface area (TPSA) is 50.2 Å². The van der Waals surface area contributed by atoms with Crippen molar-refractivity contribution < 1.29 is 9.90 Å². The molecule has 1 heterocycles. The lowest BCUT2D eigenvalue weighted by molar-refractivity contribution is -0.136. The Labute approximate surface area is 116 Å². The molecule has 3 nitrogen and oxygen atoms in total. The lowest BCUT2D eigenvalue weighted by atomic mass is 9.99. The van der Waals surface area contributed by atoms with Crippen LogP contribution in [0.25, 0.3) is 11.3 Å². The standard InChI is InChI=1S/C15H17NO2S/c1-9-6-11(3)12(7-10(9)2)13-8-19-14(16-13)4-5-15(17)18/h6-8H,4-5H2,1-3H3,(H,17,18). The Bertz CT molecular complexity index is 617. The van der Waals surface area contributed by atoms with Crippen molar-refractivity contribution in [2.45, 2.75) is 33.6 Å². The monoisotopic (exact) mass is 275 g/mol. The molecular formula is C15H17NO2S. The first-order valence-electron chi connectivity index (χ1n) is 6.22. The molecule has 19 heavy (non-hydrogen) atoms. The number of aryl methyl sites for hydroxylation is 4. The largest absolute Gasteiger partial charge is 0.481 e. The molecule has 2 rings (SSSR count). The molecule has 1 aromatic carbocycles. The van der Waals surface area contributed by atoms with Gasteiger partial charge in [0.25, 0.3) is 0 Å². The fourth-order valence-electron chi connectivity index (χ4n) is 2.00. The highest BCUT2D eigenvalue weighted by molar-refractivity contribution is 7.09. The average molecular weight is 275 g/mol. The summed E-state index contributed by atoms with van der Waals surface area (Å²) in [6.07, 6.45) is 0.642. The quantitative estimate of drug-likeness (QED) is 0.924. The van der Waals surface area contributed by atoms with E-state index in [1.54, 1.807) is 0 Å². The van der Waals surface area contributed by atoms with E-state index < -0.39 is 5.97 Å². The van der Waals surface area contributed by atoms with E-state index in [9.17, 15) is 4.79 Å². The van der Waals surface area contributed by atoms with E-state index in [2.05, 4.69) is 37.9 Å². The van der Waals surface area contributed by atoms with Gasteiger partial charge in [-0.1, -0.05) is 6.07 Å².